The third kappa shape index (κ3) is 2.22. The van der Waals surface area contributed by atoms with Gasteiger partial charge in [-0.3, -0.25) is 0 Å². The van der Waals surface area contributed by atoms with Crippen LogP contribution in [0.2, 0.25) is 0 Å². The number of aromatic nitrogens is 4. The van der Waals surface area contributed by atoms with Crippen molar-refractivity contribution in [2.75, 3.05) is 13.7 Å². The number of methoxy groups -OCH3 is 1. The van der Waals surface area contributed by atoms with Gasteiger partial charge in [0.25, 0.3) is 0 Å². The summed E-state index contributed by atoms with van der Waals surface area (Å²) >= 11 is 0. The Balaban J connectivity index is 2.51. The Morgan fingerprint density at radius 1 is 1.28 bits per heavy atom. The molecular formula is C13H20N4O. The number of fused-ring (bicyclic) bond motifs is 1. The second-order valence-corrected chi connectivity index (χ2v) is 4.76. The fourth-order valence-corrected chi connectivity index (χ4v) is 2.15. The molecular weight excluding hydrogens is 228 g/mol. The highest BCUT2D eigenvalue weighted by Gasteiger charge is 2.16. The lowest BCUT2D eigenvalue weighted by Crippen LogP contribution is -2.13. The zero-order valence-corrected chi connectivity index (χ0v) is 11.4. The Morgan fingerprint density at radius 3 is 2.67 bits per heavy atom. The fraction of sp³-hybridized carbons (Fsp3) is 0.615. The van der Waals surface area contributed by atoms with E-state index in [4.69, 9.17) is 4.74 Å². The van der Waals surface area contributed by atoms with Gasteiger partial charge in [-0.25, -0.2) is 15.0 Å². The van der Waals surface area contributed by atoms with Gasteiger partial charge in [0.15, 0.2) is 5.65 Å². The van der Waals surface area contributed by atoms with Gasteiger partial charge in [0.1, 0.15) is 11.8 Å². The van der Waals surface area contributed by atoms with Crippen LogP contribution in [0, 0.1) is 0 Å². The first-order valence-electron chi connectivity index (χ1n) is 6.35. The standard InChI is InChI=1S/C13H20N4O/c1-5-10(6-18-4)17-8-16-12-11(9(2)3)14-7-15-13(12)17/h7-10H,5-6H2,1-4H3. The van der Waals surface area contributed by atoms with Crippen LogP contribution in [0.15, 0.2) is 12.7 Å². The maximum absolute atomic E-state index is 5.25. The van der Waals surface area contributed by atoms with Crippen LogP contribution in [0.1, 0.15) is 44.8 Å². The third-order valence-electron chi connectivity index (χ3n) is 3.16. The largest absolute Gasteiger partial charge is 0.383 e. The Bertz CT molecular complexity index is 521. The summed E-state index contributed by atoms with van der Waals surface area (Å²) in [4.78, 5) is 13.2. The van der Waals surface area contributed by atoms with Crippen LogP contribution in [0.4, 0.5) is 0 Å². The summed E-state index contributed by atoms with van der Waals surface area (Å²) in [6.07, 6.45) is 4.45. The van der Waals surface area contributed by atoms with E-state index in [9.17, 15) is 0 Å². The molecule has 0 aromatic carbocycles. The van der Waals surface area contributed by atoms with Crippen LogP contribution in [0.3, 0.4) is 0 Å². The highest BCUT2D eigenvalue weighted by atomic mass is 16.5. The predicted molar refractivity (Wildman–Crippen MR) is 70.6 cm³/mol. The minimum absolute atomic E-state index is 0.273. The lowest BCUT2D eigenvalue weighted by atomic mass is 10.1. The SMILES string of the molecule is CCC(COC)n1cnc2c(C(C)C)ncnc21. The molecule has 5 nitrogen and oxygen atoms in total. The number of rotatable bonds is 5. The molecule has 0 bridgehead atoms. The van der Waals surface area contributed by atoms with Crippen molar-refractivity contribution in [1.29, 1.82) is 0 Å². The van der Waals surface area contributed by atoms with Gasteiger partial charge in [0.05, 0.1) is 24.7 Å². The summed E-state index contributed by atoms with van der Waals surface area (Å²) < 4.78 is 7.34. The molecule has 0 amide bonds. The topological polar surface area (TPSA) is 52.8 Å². The van der Waals surface area contributed by atoms with Crippen molar-refractivity contribution in [3.8, 4) is 0 Å². The third-order valence-corrected chi connectivity index (χ3v) is 3.16. The van der Waals surface area contributed by atoms with E-state index in [0.717, 1.165) is 23.3 Å². The van der Waals surface area contributed by atoms with Gasteiger partial charge < -0.3 is 9.30 Å². The highest BCUT2D eigenvalue weighted by molar-refractivity contribution is 5.73. The van der Waals surface area contributed by atoms with E-state index >= 15 is 0 Å². The summed E-state index contributed by atoms with van der Waals surface area (Å²) in [5.74, 6) is 0.348. The maximum atomic E-state index is 5.25. The number of ether oxygens (including phenoxy) is 1. The first-order chi connectivity index (χ1) is 8.69. The van der Waals surface area contributed by atoms with E-state index in [1.54, 1.807) is 13.4 Å². The van der Waals surface area contributed by atoms with Crippen LogP contribution in [-0.4, -0.2) is 33.2 Å². The first-order valence-corrected chi connectivity index (χ1v) is 6.35. The van der Waals surface area contributed by atoms with Gasteiger partial charge in [-0.05, 0) is 12.3 Å². The van der Waals surface area contributed by atoms with Crippen molar-refractivity contribution in [2.24, 2.45) is 0 Å². The quantitative estimate of drug-likeness (QED) is 0.816. The second kappa shape index (κ2) is 5.44. The number of hydrogen-bond donors (Lipinski definition) is 0. The van der Waals surface area contributed by atoms with Crippen LogP contribution < -0.4 is 0 Å². The Morgan fingerprint density at radius 2 is 2.06 bits per heavy atom. The zero-order valence-electron chi connectivity index (χ0n) is 11.4. The predicted octanol–water partition coefficient (Wildman–Crippen LogP) is 2.55. The molecule has 2 aromatic heterocycles. The minimum Gasteiger partial charge on any atom is -0.383 e. The molecule has 0 radical (unpaired) electrons. The number of imidazole rings is 1. The van der Waals surface area contributed by atoms with Crippen molar-refractivity contribution in [3.63, 3.8) is 0 Å². The van der Waals surface area contributed by atoms with Crippen LogP contribution in [0.5, 0.6) is 0 Å². The molecule has 1 unspecified atom stereocenters. The average Bonchev–Trinajstić information content (AvgIpc) is 2.79. The number of nitrogens with zero attached hydrogens (tertiary/aromatic N) is 4. The van der Waals surface area contributed by atoms with Gasteiger partial charge >= 0.3 is 0 Å². The van der Waals surface area contributed by atoms with E-state index < -0.39 is 0 Å². The molecule has 0 aliphatic heterocycles. The van der Waals surface area contributed by atoms with E-state index in [1.165, 1.54) is 0 Å². The summed E-state index contributed by atoms with van der Waals surface area (Å²) in [7, 11) is 1.72. The molecule has 0 N–H and O–H groups in total. The molecule has 18 heavy (non-hydrogen) atoms. The molecule has 1 atom stereocenters. The molecule has 0 aliphatic carbocycles. The van der Waals surface area contributed by atoms with Gasteiger partial charge in [-0.1, -0.05) is 20.8 Å². The van der Waals surface area contributed by atoms with E-state index in [2.05, 4.69) is 40.3 Å². The van der Waals surface area contributed by atoms with Crippen LogP contribution in [-0.2, 0) is 4.74 Å². The summed E-state index contributed by atoms with van der Waals surface area (Å²) in [5, 5.41) is 0. The number of hydrogen-bond acceptors (Lipinski definition) is 4. The minimum atomic E-state index is 0.273. The van der Waals surface area contributed by atoms with Crippen molar-refractivity contribution in [3.05, 3.63) is 18.3 Å². The van der Waals surface area contributed by atoms with E-state index in [1.807, 2.05) is 6.33 Å². The van der Waals surface area contributed by atoms with Gasteiger partial charge in [0.2, 0.25) is 0 Å². The second-order valence-electron chi connectivity index (χ2n) is 4.76. The molecule has 0 aliphatic rings. The lowest BCUT2D eigenvalue weighted by molar-refractivity contribution is 0.154. The molecule has 2 heterocycles. The molecule has 0 fully saturated rings. The molecule has 5 heteroatoms. The molecule has 0 saturated heterocycles. The molecule has 98 valence electrons. The van der Waals surface area contributed by atoms with Crippen LogP contribution in [0.25, 0.3) is 11.2 Å². The molecule has 2 rings (SSSR count). The Hall–Kier alpha value is -1.49. The maximum Gasteiger partial charge on any atom is 0.163 e. The fourth-order valence-electron chi connectivity index (χ4n) is 2.15. The Labute approximate surface area is 107 Å². The molecule has 0 spiro atoms. The molecule has 2 aromatic rings. The van der Waals surface area contributed by atoms with Gasteiger partial charge in [0, 0.05) is 7.11 Å². The zero-order chi connectivity index (χ0) is 13.1. The smallest absolute Gasteiger partial charge is 0.163 e. The summed E-state index contributed by atoms with van der Waals surface area (Å²) in [6.45, 7) is 7.05. The van der Waals surface area contributed by atoms with Crippen molar-refractivity contribution < 1.29 is 4.74 Å². The Kier molecular flexibility index (Phi) is 3.91. The highest BCUT2D eigenvalue weighted by Crippen LogP contribution is 2.23. The average molecular weight is 248 g/mol. The van der Waals surface area contributed by atoms with Crippen molar-refractivity contribution in [2.45, 2.75) is 39.2 Å². The van der Waals surface area contributed by atoms with Gasteiger partial charge in [-0.15, -0.1) is 0 Å². The lowest BCUT2D eigenvalue weighted by Gasteiger charge is -2.16. The monoisotopic (exact) mass is 248 g/mol. The van der Waals surface area contributed by atoms with E-state index in [0.29, 0.717) is 12.5 Å². The van der Waals surface area contributed by atoms with Crippen LogP contribution >= 0.6 is 0 Å². The summed E-state index contributed by atoms with van der Waals surface area (Å²) in [6, 6.07) is 0.273. The first kappa shape index (κ1) is 13.0. The van der Waals surface area contributed by atoms with Gasteiger partial charge in [-0.2, -0.15) is 0 Å². The normalized spacial score (nSPS) is 13.4. The van der Waals surface area contributed by atoms with E-state index in [-0.39, 0.29) is 6.04 Å². The molecule has 0 saturated carbocycles. The summed E-state index contributed by atoms with van der Waals surface area (Å²) in [5.41, 5.74) is 2.81. The van der Waals surface area contributed by atoms with Crippen molar-refractivity contribution in [1.82, 2.24) is 19.5 Å². The van der Waals surface area contributed by atoms with Crippen molar-refractivity contribution >= 4 is 11.2 Å².